The Kier molecular flexibility index (Phi) is 5.07. The third-order valence-corrected chi connectivity index (χ3v) is 3.31. The van der Waals surface area contributed by atoms with Gasteiger partial charge in [-0.2, -0.15) is 8.78 Å². The highest BCUT2D eigenvalue weighted by molar-refractivity contribution is 6.21. The molecular weight excluding hydrogens is 308 g/mol. The Morgan fingerprint density at radius 2 is 1.57 bits per heavy atom. The Bertz CT molecular complexity index is 598. The zero-order valence-corrected chi connectivity index (χ0v) is 11.5. The van der Waals surface area contributed by atoms with E-state index in [0.717, 1.165) is 12.1 Å². The predicted molar refractivity (Wildman–Crippen MR) is 71.7 cm³/mol. The number of rotatable bonds is 5. The molecule has 1 atom stereocenters. The van der Waals surface area contributed by atoms with Gasteiger partial charge >= 0.3 is 6.61 Å². The molecule has 0 N–H and O–H groups in total. The van der Waals surface area contributed by atoms with Crippen molar-refractivity contribution in [2.24, 2.45) is 0 Å². The van der Waals surface area contributed by atoms with E-state index in [0.29, 0.717) is 0 Å². The van der Waals surface area contributed by atoms with Gasteiger partial charge in [0.05, 0.1) is 5.38 Å². The minimum absolute atomic E-state index is 0.107. The molecule has 112 valence electrons. The van der Waals surface area contributed by atoms with E-state index in [9.17, 15) is 17.6 Å². The van der Waals surface area contributed by atoms with Crippen molar-refractivity contribution in [3.05, 3.63) is 65.2 Å². The molecule has 0 amide bonds. The maximum atomic E-state index is 13.6. The monoisotopic (exact) mass is 318 g/mol. The van der Waals surface area contributed by atoms with Gasteiger partial charge in [-0.05, 0) is 24.6 Å². The smallest absolute Gasteiger partial charge is 0.387 e. The average molecular weight is 319 g/mol. The molecular formula is C15H11ClF4O. The maximum absolute atomic E-state index is 13.6. The van der Waals surface area contributed by atoms with Crippen molar-refractivity contribution < 1.29 is 22.3 Å². The highest BCUT2D eigenvalue weighted by Gasteiger charge is 2.19. The maximum Gasteiger partial charge on any atom is 0.387 e. The Hall–Kier alpha value is -1.75. The lowest BCUT2D eigenvalue weighted by Crippen LogP contribution is -2.07. The fourth-order valence-electron chi connectivity index (χ4n) is 1.96. The van der Waals surface area contributed by atoms with Crippen molar-refractivity contribution in [3.8, 4) is 5.75 Å². The molecule has 1 unspecified atom stereocenters. The highest BCUT2D eigenvalue weighted by Crippen LogP contribution is 2.34. The fraction of sp³-hybridized carbons (Fsp3) is 0.200. The lowest BCUT2D eigenvalue weighted by molar-refractivity contribution is -0.0504. The first-order valence-electron chi connectivity index (χ1n) is 6.09. The Balaban J connectivity index is 2.26. The molecule has 2 aromatic rings. The summed E-state index contributed by atoms with van der Waals surface area (Å²) in [5.74, 6) is -1.56. The van der Waals surface area contributed by atoms with E-state index in [-0.39, 0.29) is 23.3 Å². The molecule has 0 saturated heterocycles. The molecule has 2 rings (SSSR count). The van der Waals surface area contributed by atoms with E-state index in [1.54, 1.807) is 6.07 Å². The van der Waals surface area contributed by atoms with Crippen molar-refractivity contribution >= 4 is 11.6 Å². The second-order valence-electron chi connectivity index (χ2n) is 4.29. The summed E-state index contributed by atoms with van der Waals surface area (Å²) in [6.45, 7) is -3.00. The van der Waals surface area contributed by atoms with Crippen molar-refractivity contribution in [2.75, 3.05) is 0 Å². The summed E-state index contributed by atoms with van der Waals surface area (Å²) < 4.78 is 56.2. The van der Waals surface area contributed by atoms with Crippen LogP contribution >= 0.6 is 11.6 Å². The van der Waals surface area contributed by atoms with E-state index in [4.69, 9.17) is 11.6 Å². The molecule has 2 aromatic carbocycles. The van der Waals surface area contributed by atoms with Crippen molar-refractivity contribution in [1.29, 1.82) is 0 Å². The van der Waals surface area contributed by atoms with Gasteiger partial charge in [0.15, 0.2) is 0 Å². The molecule has 1 nitrogen and oxygen atoms in total. The molecule has 21 heavy (non-hydrogen) atoms. The van der Waals surface area contributed by atoms with Crippen LogP contribution in [-0.4, -0.2) is 6.61 Å². The van der Waals surface area contributed by atoms with Gasteiger partial charge in [-0.3, -0.25) is 0 Å². The molecule has 6 heteroatoms. The van der Waals surface area contributed by atoms with Gasteiger partial charge in [0.1, 0.15) is 17.4 Å². The molecule has 0 aliphatic heterocycles. The number of benzene rings is 2. The van der Waals surface area contributed by atoms with Gasteiger partial charge in [-0.1, -0.05) is 24.3 Å². The normalized spacial score (nSPS) is 12.5. The molecule has 0 aliphatic carbocycles. The number of hydrogen-bond donors (Lipinski definition) is 0. The van der Waals surface area contributed by atoms with Crippen LogP contribution in [0.25, 0.3) is 0 Å². The molecule has 0 aliphatic rings. The van der Waals surface area contributed by atoms with Crippen LogP contribution in [0.3, 0.4) is 0 Å². The third kappa shape index (κ3) is 3.88. The van der Waals surface area contributed by atoms with Gasteiger partial charge in [0.2, 0.25) is 0 Å². The van der Waals surface area contributed by atoms with Gasteiger partial charge in [0.25, 0.3) is 0 Å². The topological polar surface area (TPSA) is 9.23 Å². The fourth-order valence-corrected chi connectivity index (χ4v) is 2.29. The first kappa shape index (κ1) is 15.6. The van der Waals surface area contributed by atoms with E-state index >= 15 is 0 Å². The van der Waals surface area contributed by atoms with Gasteiger partial charge in [-0.25, -0.2) is 8.78 Å². The van der Waals surface area contributed by atoms with E-state index in [1.807, 2.05) is 0 Å². The standard InChI is InChI=1S/C15H11ClF4O/c16-11(8-10-12(17)5-3-6-13(10)18)9-4-1-2-7-14(9)21-15(19)20/h1-7,11,15H,8H2. The van der Waals surface area contributed by atoms with Gasteiger partial charge in [-0.15, -0.1) is 11.6 Å². The first-order chi connectivity index (χ1) is 9.99. The second-order valence-corrected chi connectivity index (χ2v) is 4.82. The van der Waals surface area contributed by atoms with Gasteiger partial charge in [0, 0.05) is 11.1 Å². The zero-order valence-electron chi connectivity index (χ0n) is 10.7. The largest absolute Gasteiger partial charge is 0.434 e. The minimum Gasteiger partial charge on any atom is -0.434 e. The summed E-state index contributed by atoms with van der Waals surface area (Å²) in [6.07, 6.45) is -0.177. The first-order valence-corrected chi connectivity index (χ1v) is 6.53. The van der Waals surface area contributed by atoms with Crippen LogP contribution < -0.4 is 4.74 Å². The molecule has 0 aromatic heterocycles. The van der Waals surface area contributed by atoms with E-state index < -0.39 is 23.6 Å². The SMILES string of the molecule is Fc1cccc(F)c1CC(Cl)c1ccccc1OC(F)F. The van der Waals surface area contributed by atoms with Crippen LogP contribution in [0.4, 0.5) is 17.6 Å². The highest BCUT2D eigenvalue weighted by atomic mass is 35.5. The summed E-state index contributed by atoms with van der Waals surface area (Å²) >= 11 is 6.12. The van der Waals surface area contributed by atoms with Crippen LogP contribution in [0, 0.1) is 11.6 Å². The summed E-state index contributed by atoms with van der Waals surface area (Å²) in [5.41, 5.74) is 0.0615. The number of alkyl halides is 3. The van der Waals surface area contributed by atoms with E-state index in [2.05, 4.69) is 4.74 Å². The molecule has 0 fully saturated rings. The minimum atomic E-state index is -3.00. The number of halogens is 5. The second kappa shape index (κ2) is 6.80. The lowest BCUT2D eigenvalue weighted by Gasteiger charge is -2.15. The summed E-state index contributed by atoms with van der Waals surface area (Å²) in [6, 6.07) is 9.37. The van der Waals surface area contributed by atoms with Gasteiger partial charge < -0.3 is 4.74 Å². The van der Waals surface area contributed by atoms with Crippen LogP contribution in [0.2, 0.25) is 0 Å². The van der Waals surface area contributed by atoms with Crippen LogP contribution in [-0.2, 0) is 6.42 Å². The number of para-hydroxylation sites is 1. The van der Waals surface area contributed by atoms with E-state index in [1.165, 1.54) is 24.3 Å². The predicted octanol–water partition coefficient (Wildman–Crippen LogP) is 5.09. The molecule has 0 heterocycles. The molecule has 0 spiro atoms. The summed E-state index contributed by atoms with van der Waals surface area (Å²) in [4.78, 5) is 0. The Morgan fingerprint density at radius 3 is 2.19 bits per heavy atom. The molecule has 0 radical (unpaired) electrons. The quantitative estimate of drug-likeness (QED) is 0.551. The van der Waals surface area contributed by atoms with Crippen molar-refractivity contribution in [1.82, 2.24) is 0 Å². The summed E-state index contributed by atoms with van der Waals surface area (Å²) in [5, 5.41) is -0.897. The van der Waals surface area contributed by atoms with Crippen molar-refractivity contribution in [3.63, 3.8) is 0 Å². The van der Waals surface area contributed by atoms with Crippen molar-refractivity contribution in [2.45, 2.75) is 18.4 Å². The lowest BCUT2D eigenvalue weighted by atomic mass is 10.0. The van der Waals surface area contributed by atoms with Crippen LogP contribution in [0.1, 0.15) is 16.5 Å². The number of hydrogen-bond acceptors (Lipinski definition) is 1. The molecule has 0 saturated carbocycles. The van der Waals surface area contributed by atoms with Crippen LogP contribution in [0.5, 0.6) is 5.75 Å². The average Bonchev–Trinajstić information content (AvgIpc) is 2.43. The Labute approximate surface area is 124 Å². The third-order valence-electron chi connectivity index (χ3n) is 2.92. The zero-order chi connectivity index (χ0) is 15.4. The Morgan fingerprint density at radius 1 is 0.952 bits per heavy atom. The summed E-state index contributed by atoms with van der Waals surface area (Å²) in [7, 11) is 0. The number of ether oxygens (including phenoxy) is 1. The van der Waals surface area contributed by atoms with Crippen LogP contribution in [0.15, 0.2) is 42.5 Å². The molecule has 0 bridgehead atoms.